The second kappa shape index (κ2) is 6.39. The van der Waals surface area contributed by atoms with Crippen LogP contribution >= 0.6 is 15.9 Å². The van der Waals surface area contributed by atoms with Gasteiger partial charge in [-0.2, -0.15) is 0 Å². The molecule has 4 nitrogen and oxygen atoms in total. The highest BCUT2D eigenvalue weighted by atomic mass is 79.9. The Morgan fingerprint density at radius 2 is 2.37 bits per heavy atom. The molecule has 1 atom stereocenters. The van der Waals surface area contributed by atoms with Crippen LogP contribution in [0.1, 0.15) is 24.8 Å². The fourth-order valence-corrected chi connectivity index (χ4v) is 3.10. The van der Waals surface area contributed by atoms with Gasteiger partial charge in [-0.15, -0.1) is 0 Å². The largest absolute Gasteiger partial charge is 0.493 e. The predicted octanol–water partition coefficient (Wildman–Crippen LogP) is 2.60. The van der Waals surface area contributed by atoms with Crippen molar-refractivity contribution < 1.29 is 4.74 Å². The van der Waals surface area contributed by atoms with Gasteiger partial charge in [0.15, 0.2) is 0 Å². The summed E-state index contributed by atoms with van der Waals surface area (Å²) in [5.74, 6) is 0.711. The summed E-state index contributed by atoms with van der Waals surface area (Å²) in [5.41, 5.74) is 6.24. The quantitative estimate of drug-likeness (QED) is 0.646. The Morgan fingerprint density at radius 3 is 3.00 bits per heavy atom. The van der Waals surface area contributed by atoms with E-state index in [9.17, 15) is 0 Å². The molecule has 1 aliphatic heterocycles. The zero-order chi connectivity index (χ0) is 13.8. The first kappa shape index (κ1) is 14.3. The molecule has 0 aromatic heterocycles. The van der Waals surface area contributed by atoms with Crippen molar-refractivity contribution in [3.05, 3.63) is 28.2 Å². The Kier molecular flexibility index (Phi) is 4.82. The van der Waals surface area contributed by atoms with E-state index in [1.54, 1.807) is 0 Å². The summed E-state index contributed by atoms with van der Waals surface area (Å²) in [6.07, 6.45) is 3.54. The molecule has 1 aromatic carbocycles. The Hall–Kier alpha value is -1.07. The number of halogens is 1. The normalized spacial score (nSPS) is 19.6. The van der Waals surface area contributed by atoms with Crippen LogP contribution in [0.15, 0.2) is 22.7 Å². The van der Waals surface area contributed by atoms with Crippen molar-refractivity contribution in [3.63, 3.8) is 0 Å². The Bertz CT molecular complexity index is 464. The van der Waals surface area contributed by atoms with Crippen molar-refractivity contribution in [2.75, 3.05) is 20.2 Å². The molecule has 2 rings (SSSR count). The van der Waals surface area contributed by atoms with Gasteiger partial charge >= 0.3 is 0 Å². The molecule has 0 spiro atoms. The molecular weight excluding hydrogens is 306 g/mol. The van der Waals surface area contributed by atoms with Crippen molar-refractivity contribution in [3.8, 4) is 5.75 Å². The predicted molar refractivity (Wildman–Crippen MR) is 80.9 cm³/mol. The van der Waals surface area contributed by atoms with Crippen molar-refractivity contribution in [2.45, 2.75) is 25.3 Å². The number of benzene rings is 1. The number of nitrogen functional groups attached to an aromatic ring is 1. The van der Waals surface area contributed by atoms with Gasteiger partial charge < -0.3 is 15.4 Å². The summed E-state index contributed by atoms with van der Waals surface area (Å²) in [4.78, 5) is 2.39. The molecule has 0 bridgehead atoms. The second-order valence-electron chi connectivity index (χ2n) is 4.94. The zero-order valence-corrected chi connectivity index (χ0v) is 12.7. The molecule has 0 amide bonds. The maximum atomic E-state index is 7.61. The van der Waals surface area contributed by atoms with E-state index in [0.717, 1.165) is 10.9 Å². The lowest BCUT2D eigenvalue weighted by molar-refractivity contribution is 0.233. The third kappa shape index (κ3) is 3.48. The lowest BCUT2D eigenvalue weighted by atomic mass is 10.1. The van der Waals surface area contributed by atoms with Crippen LogP contribution < -0.4 is 10.5 Å². The molecule has 0 aliphatic carbocycles. The monoisotopic (exact) mass is 325 g/mol. The number of hydrogen-bond donors (Lipinski definition) is 2. The fourth-order valence-electron chi connectivity index (χ4n) is 2.53. The van der Waals surface area contributed by atoms with Gasteiger partial charge in [0.05, 0.1) is 12.2 Å². The lowest BCUT2D eigenvalue weighted by Crippen LogP contribution is -2.26. The highest BCUT2D eigenvalue weighted by molar-refractivity contribution is 9.10. The number of nitrogens with one attached hydrogen (secondary N) is 1. The summed E-state index contributed by atoms with van der Waals surface area (Å²) in [6, 6.07) is 6.25. The maximum absolute atomic E-state index is 7.61. The van der Waals surface area contributed by atoms with E-state index < -0.39 is 0 Å². The van der Waals surface area contributed by atoms with Crippen LogP contribution in [0.3, 0.4) is 0 Å². The van der Waals surface area contributed by atoms with E-state index in [0.29, 0.717) is 24.0 Å². The van der Waals surface area contributed by atoms with E-state index >= 15 is 0 Å². The molecule has 3 N–H and O–H groups in total. The van der Waals surface area contributed by atoms with Crippen molar-refractivity contribution >= 4 is 21.8 Å². The number of likely N-dealkylation sites (tertiary alicyclic amines) is 1. The van der Waals surface area contributed by atoms with Crippen molar-refractivity contribution in [2.24, 2.45) is 5.73 Å². The van der Waals surface area contributed by atoms with E-state index in [1.807, 2.05) is 18.2 Å². The molecule has 1 heterocycles. The molecule has 1 unspecified atom stereocenters. The standard InChI is InChI=1S/C14H20BrN3O/c1-18-8-3-4-10(18)7-9-19-12-6-2-5-11(15)13(12)14(16)17/h2,5-6,10H,3-4,7-9H2,1H3,(H3,16,17). The maximum Gasteiger partial charge on any atom is 0.131 e. The molecule has 1 fully saturated rings. The molecule has 19 heavy (non-hydrogen) atoms. The van der Waals surface area contributed by atoms with Crippen LogP contribution in [0.25, 0.3) is 0 Å². The van der Waals surface area contributed by atoms with Crippen LogP contribution in [0.4, 0.5) is 0 Å². The van der Waals surface area contributed by atoms with Crippen LogP contribution in [-0.2, 0) is 0 Å². The van der Waals surface area contributed by atoms with E-state index in [2.05, 4.69) is 27.9 Å². The van der Waals surface area contributed by atoms with Crippen LogP contribution in [0.2, 0.25) is 0 Å². The third-order valence-electron chi connectivity index (χ3n) is 3.62. The van der Waals surface area contributed by atoms with Crippen LogP contribution in [0, 0.1) is 5.41 Å². The summed E-state index contributed by atoms with van der Waals surface area (Å²) >= 11 is 3.41. The van der Waals surface area contributed by atoms with E-state index in [1.165, 1.54) is 19.4 Å². The third-order valence-corrected chi connectivity index (χ3v) is 4.29. The van der Waals surface area contributed by atoms with Gasteiger partial charge in [0.1, 0.15) is 11.6 Å². The van der Waals surface area contributed by atoms with Gasteiger partial charge in [0, 0.05) is 10.5 Å². The van der Waals surface area contributed by atoms with Gasteiger partial charge in [-0.25, -0.2) is 0 Å². The first-order chi connectivity index (χ1) is 9.09. The number of ether oxygens (including phenoxy) is 1. The van der Waals surface area contributed by atoms with Crippen molar-refractivity contribution in [1.29, 1.82) is 5.41 Å². The SMILES string of the molecule is CN1CCCC1CCOc1cccc(Br)c1C(=N)N. The first-order valence-electron chi connectivity index (χ1n) is 6.55. The topological polar surface area (TPSA) is 62.3 Å². The highest BCUT2D eigenvalue weighted by Crippen LogP contribution is 2.27. The van der Waals surface area contributed by atoms with Gasteiger partial charge in [0.25, 0.3) is 0 Å². The number of rotatable bonds is 5. The van der Waals surface area contributed by atoms with Gasteiger partial charge in [0.2, 0.25) is 0 Å². The summed E-state index contributed by atoms with van der Waals surface area (Å²) in [5, 5.41) is 7.61. The van der Waals surface area contributed by atoms with Crippen LogP contribution in [-0.4, -0.2) is 37.0 Å². The van der Waals surface area contributed by atoms with Gasteiger partial charge in [-0.3, -0.25) is 5.41 Å². The lowest BCUT2D eigenvalue weighted by Gasteiger charge is -2.20. The molecule has 1 aliphatic rings. The molecular formula is C14H20BrN3O. The van der Waals surface area contributed by atoms with Gasteiger partial charge in [-0.05, 0) is 60.9 Å². The number of hydrogen-bond acceptors (Lipinski definition) is 3. The summed E-state index contributed by atoms with van der Waals surface area (Å²) < 4.78 is 6.61. The van der Waals surface area contributed by atoms with Crippen LogP contribution in [0.5, 0.6) is 5.75 Å². The number of nitrogens with two attached hydrogens (primary N) is 1. The average Bonchev–Trinajstić information content (AvgIpc) is 2.75. The highest BCUT2D eigenvalue weighted by Gasteiger charge is 2.20. The minimum Gasteiger partial charge on any atom is -0.493 e. The smallest absolute Gasteiger partial charge is 0.131 e. The van der Waals surface area contributed by atoms with Crippen molar-refractivity contribution in [1.82, 2.24) is 4.90 Å². The summed E-state index contributed by atoms with van der Waals surface area (Å²) in [6.45, 7) is 1.84. The zero-order valence-electron chi connectivity index (χ0n) is 11.2. The Morgan fingerprint density at radius 1 is 1.58 bits per heavy atom. The Balaban J connectivity index is 1.96. The molecule has 0 radical (unpaired) electrons. The number of amidine groups is 1. The summed E-state index contributed by atoms with van der Waals surface area (Å²) in [7, 11) is 2.16. The first-order valence-corrected chi connectivity index (χ1v) is 7.35. The number of nitrogens with zero attached hydrogens (tertiary/aromatic N) is 1. The van der Waals surface area contributed by atoms with Gasteiger partial charge in [-0.1, -0.05) is 6.07 Å². The molecule has 104 valence electrons. The second-order valence-corrected chi connectivity index (χ2v) is 5.79. The molecule has 1 aromatic rings. The Labute approximate surface area is 122 Å². The minimum absolute atomic E-state index is 0.0282. The van der Waals surface area contributed by atoms with E-state index in [4.69, 9.17) is 15.9 Å². The minimum atomic E-state index is 0.0282. The molecule has 0 saturated carbocycles. The fraction of sp³-hybridized carbons (Fsp3) is 0.500. The van der Waals surface area contributed by atoms with E-state index in [-0.39, 0.29) is 5.84 Å². The molecule has 1 saturated heterocycles. The average molecular weight is 326 g/mol. The molecule has 5 heteroatoms.